The summed E-state index contributed by atoms with van der Waals surface area (Å²) in [5, 5.41) is 17.2. The zero-order valence-corrected chi connectivity index (χ0v) is 60.6. The Morgan fingerprint density at radius 1 is 0.726 bits per heavy atom. The molecule has 1 aromatic heterocycles. The van der Waals surface area contributed by atoms with Crippen molar-refractivity contribution < 1.29 is 61.0 Å². The highest BCUT2D eigenvalue weighted by atomic mass is 32.2. The van der Waals surface area contributed by atoms with Crippen LogP contribution in [0, 0.1) is 23.7 Å². The second-order valence-corrected chi connectivity index (χ2v) is 30.3. The van der Waals surface area contributed by atoms with E-state index in [0.29, 0.717) is 79.3 Å². The standard InChI is InChI=1S/C67H108N12O13S3/c1-13-43(6)58(53(90-11)38-55(81)78-36-22-25-52(78)59(91-12)44(7)60(83)72-51(37-41(2)3)63(86)79(95(88)89)48-31-32-48)76(9)56(82)39-69-62(85)57(42(4)5)77(10)67(87)92-40-46-27-29-47(30-28-46)71-61(84)45(8)70-54(80)26-20-17-21-35-68-64-73-65-75-66(74-64)94-50-24-19-16-14-15-18-23-49(93-65)33-34-50/h27-30,41-45,48-53,57-59,95H,13-26,31-40H2,1-12H3,(H,69,85)(H,70,80)(H,71,84)(H,72,83)(H,68,73,74,75)/t43-,44+,45-,49?,50?,51-,52-,53+,57?,58-,59+/m0/s1. The van der Waals surface area contributed by atoms with Crippen LogP contribution in [0.15, 0.2) is 34.6 Å². The fraction of sp³-hybridized carbons (Fsp3) is 0.746. The number of amides is 8. The number of hydrogen-bond acceptors (Lipinski definition) is 19. The van der Waals surface area contributed by atoms with Crippen LogP contribution in [0.4, 0.5) is 16.4 Å². The Balaban J connectivity index is 0.920. The molecule has 28 heteroatoms. The predicted molar refractivity (Wildman–Crippen MR) is 368 cm³/mol. The zero-order chi connectivity index (χ0) is 69.5. The summed E-state index contributed by atoms with van der Waals surface area (Å²) in [6, 6.07) is 2.26. The number of rotatable bonds is 34. The van der Waals surface area contributed by atoms with Crippen LogP contribution in [0.3, 0.4) is 0 Å². The summed E-state index contributed by atoms with van der Waals surface area (Å²) >= 11 is 3.59. The predicted octanol–water partition coefficient (Wildman–Crippen LogP) is 8.12. The van der Waals surface area contributed by atoms with Crippen molar-refractivity contribution in [1.29, 1.82) is 0 Å². The summed E-state index contributed by atoms with van der Waals surface area (Å²) in [4.78, 5) is 128. The summed E-state index contributed by atoms with van der Waals surface area (Å²) in [5.41, 5.74) is 1.08. The van der Waals surface area contributed by atoms with Gasteiger partial charge in [-0.05, 0) is 113 Å². The first-order chi connectivity index (χ1) is 45.3. The van der Waals surface area contributed by atoms with Crippen molar-refractivity contribution in [3.8, 4) is 0 Å². The topological polar surface area (TPSA) is 310 Å². The van der Waals surface area contributed by atoms with Crippen molar-refractivity contribution in [3.63, 3.8) is 0 Å². The average molecular weight is 1390 g/mol. The number of hydrogen-bond donors (Lipinski definition) is 6. The van der Waals surface area contributed by atoms with Gasteiger partial charge in [0.15, 0.2) is 10.3 Å². The van der Waals surface area contributed by atoms with Crippen molar-refractivity contribution in [2.24, 2.45) is 23.7 Å². The van der Waals surface area contributed by atoms with Gasteiger partial charge < -0.3 is 50.6 Å². The SMILES string of the molecule is CC[C@H](C)[C@@H]([C@@H](CC(=O)N1CCC[C@H]1[C@H](OC)[C@@H](C)C(=O)N[C@@H](CC(C)C)C(=O)N(C1CC1)[SH](=O)=O)OC)N(C)C(=O)CNC(=O)C(C(C)C)N(C)C(=O)OCc1ccc(NC(=O)[C@H](C)NC(=O)CCCCCNc2nc3nc(n2)SC2CCCCCCCC(CC2)S3)cc1. The first kappa shape index (κ1) is 78.2. The Morgan fingerprint density at radius 3 is 1.95 bits per heavy atom. The Bertz CT molecular complexity index is 2900. The Kier molecular flexibility index (Phi) is 32.0. The molecule has 2 saturated carbocycles. The van der Waals surface area contributed by atoms with E-state index in [1.165, 1.54) is 88.9 Å². The molecule has 3 heterocycles. The number of thioether (sulfide) groups is 2. The molecule has 3 unspecified atom stereocenters. The lowest BCUT2D eigenvalue weighted by Crippen LogP contribution is -2.56. The van der Waals surface area contributed by atoms with Crippen LogP contribution < -0.4 is 26.6 Å². The third-order valence-electron chi connectivity index (χ3n) is 18.7. The molecule has 2 aliphatic carbocycles. The van der Waals surface area contributed by atoms with Gasteiger partial charge >= 0.3 is 6.09 Å². The van der Waals surface area contributed by atoms with Gasteiger partial charge in [-0.15, -0.1) is 0 Å². The first-order valence-electron chi connectivity index (χ1n) is 34.4. The molecule has 2 aliphatic heterocycles. The molecule has 532 valence electrons. The highest BCUT2D eigenvalue weighted by molar-refractivity contribution is 8.00. The van der Waals surface area contributed by atoms with Crippen LogP contribution in [0.2, 0.25) is 0 Å². The second-order valence-electron chi connectivity index (χ2n) is 26.9. The number of likely N-dealkylation sites (tertiary alicyclic amines) is 1. The van der Waals surface area contributed by atoms with Crippen LogP contribution >= 0.6 is 23.5 Å². The van der Waals surface area contributed by atoms with Crippen molar-refractivity contribution in [3.05, 3.63) is 29.8 Å². The number of nitrogens with one attached hydrogen (secondary N) is 5. The molecular weight excluding hydrogens is 1280 g/mol. The highest BCUT2D eigenvalue weighted by Gasteiger charge is 2.44. The number of unbranched alkanes of at least 4 members (excludes halogenated alkanes) is 2. The maximum atomic E-state index is 14.4. The molecule has 95 heavy (non-hydrogen) atoms. The fourth-order valence-corrected chi connectivity index (χ4v) is 16.1. The monoisotopic (exact) mass is 1380 g/mol. The number of aromatic nitrogens is 3. The molecule has 1 saturated heterocycles. The number of carbonyl (C=O) groups excluding carboxylic acids is 8. The minimum Gasteiger partial charge on any atom is -0.445 e. The van der Waals surface area contributed by atoms with E-state index >= 15 is 0 Å². The maximum Gasteiger partial charge on any atom is 0.410 e. The minimum absolute atomic E-state index is 0.0358. The van der Waals surface area contributed by atoms with Crippen molar-refractivity contribution in [2.45, 2.75) is 260 Å². The summed E-state index contributed by atoms with van der Waals surface area (Å²) in [6.45, 7) is 15.0. The van der Waals surface area contributed by atoms with Gasteiger partial charge in [0, 0.05) is 70.1 Å². The van der Waals surface area contributed by atoms with Gasteiger partial charge in [0.05, 0.1) is 43.2 Å². The minimum atomic E-state index is -3.19. The summed E-state index contributed by atoms with van der Waals surface area (Å²) in [7, 11) is 2.79. The van der Waals surface area contributed by atoms with E-state index in [9.17, 15) is 46.8 Å². The number of anilines is 2. The van der Waals surface area contributed by atoms with Gasteiger partial charge in [-0.3, -0.25) is 38.5 Å². The van der Waals surface area contributed by atoms with E-state index < -0.39 is 113 Å². The Hall–Kier alpha value is -5.84. The number of ether oxygens (including phenoxy) is 3. The summed E-state index contributed by atoms with van der Waals surface area (Å²) in [6.07, 6.45) is 14.4. The van der Waals surface area contributed by atoms with Crippen LogP contribution in [0.1, 0.15) is 189 Å². The van der Waals surface area contributed by atoms with E-state index in [1.807, 2.05) is 27.7 Å². The van der Waals surface area contributed by atoms with Gasteiger partial charge in [0.1, 0.15) is 24.7 Å². The molecular formula is C67H108N12O13S3. The van der Waals surface area contributed by atoms with Crippen molar-refractivity contribution in [1.82, 2.24) is 49.9 Å². The number of thiol groups is 1. The molecule has 0 radical (unpaired) electrons. The second kappa shape index (κ2) is 38.9. The maximum absolute atomic E-state index is 14.4. The third-order valence-corrected chi connectivity index (χ3v) is 21.9. The lowest BCUT2D eigenvalue weighted by atomic mass is 9.90. The van der Waals surface area contributed by atoms with E-state index in [0.717, 1.165) is 27.5 Å². The third kappa shape index (κ3) is 24.0. The molecule has 4 aliphatic rings. The number of nitrogens with zero attached hydrogens (tertiary/aromatic N) is 7. The molecule has 8 amide bonds. The van der Waals surface area contributed by atoms with Gasteiger partial charge in [-0.2, -0.15) is 15.0 Å². The van der Waals surface area contributed by atoms with Crippen LogP contribution in [0.25, 0.3) is 0 Å². The zero-order valence-electron chi connectivity index (χ0n) is 58.1. The molecule has 3 fully saturated rings. The number of fused-ring (bicyclic) bond motifs is 5. The normalized spacial score (nSPS) is 20.0. The number of carbonyl (C=O) groups is 8. The molecule has 5 N–H and O–H groups in total. The van der Waals surface area contributed by atoms with Gasteiger partial charge in [0.25, 0.3) is 5.91 Å². The lowest BCUT2D eigenvalue weighted by Gasteiger charge is -2.39. The van der Waals surface area contributed by atoms with Crippen LogP contribution in [-0.4, -0.2) is 197 Å². The largest absolute Gasteiger partial charge is 0.445 e. The van der Waals surface area contributed by atoms with Crippen LogP contribution in [-0.2, 0) is 65.3 Å². The highest BCUT2D eigenvalue weighted by Crippen LogP contribution is 2.38. The van der Waals surface area contributed by atoms with E-state index in [-0.39, 0.29) is 49.5 Å². The lowest BCUT2D eigenvalue weighted by molar-refractivity contribution is -0.146. The van der Waals surface area contributed by atoms with Crippen LogP contribution in [0.5, 0.6) is 0 Å². The fourth-order valence-electron chi connectivity index (χ4n) is 13.0. The average Bonchev–Trinajstić information content (AvgIpc) is 1.78. The van der Waals surface area contributed by atoms with E-state index in [1.54, 1.807) is 87.4 Å². The van der Waals surface area contributed by atoms with E-state index in [2.05, 4.69) is 26.6 Å². The molecule has 25 nitrogen and oxygen atoms in total. The Labute approximate surface area is 573 Å². The van der Waals surface area contributed by atoms with Gasteiger partial charge in [0.2, 0.25) is 52.3 Å². The molecule has 0 spiro atoms. The Morgan fingerprint density at radius 2 is 1.37 bits per heavy atom. The molecule has 11 atom stereocenters. The van der Waals surface area contributed by atoms with Crippen molar-refractivity contribution in [2.75, 3.05) is 58.6 Å². The summed E-state index contributed by atoms with van der Waals surface area (Å²) < 4.78 is 42.7. The molecule has 6 rings (SSSR count). The molecule has 4 bridgehead atoms. The van der Waals surface area contributed by atoms with Gasteiger partial charge in [-0.1, -0.05) is 129 Å². The quantitative estimate of drug-likeness (QED) is 0.0284. The molecule has 1 aromatic carbocycles. The van der Waals surface area contributed by atoms with Crippen molar-refractivity contribution >= 4 is 93.5 Å². The van der Waals surface area contributed by atoms with Gasteiger partial charge in [-0.25, -0.2) is 17.5 Å². The van der Waals surface area contributed by atoms with E-state index in [4.69, 9.17) is 29.2 Å². The first-order valence-corrected chi connectivity index (χ1v) is 37.3. The number of methoxy groups -OCH3 is 2. The number of likely N-dealkylation sites (N-methyl/N-ethyl adjacent to an activating group) is 2. The summed E-state index contributed by atoms with van der Waals surface area (Å²) in [5.74, 6) is -3.93. The molecule has 2 aromatic rings. The number of benzene rings is 1. The smallest absolute Gasteiger partial charge is 0.410 e.